The lowest BCUT2D eigenvalue weighted by molar-refractivity contribution is 0.572. The third-order valence-electron chi connectivity index (χ3n) is 2.45. The summed E-state index contributed by atoms with van der Waals surface area (Å²) in [5, 5.41) is 3.12. The Kier molecular flexibility index (Phi) is 4.56. The minimum Gasteiger partial charge on any atom is -0.320 e. The van der Waals surface area contributed by atoms with Gasteiger partial charge in [-0.15, -0.1) is 0 Å². The van der Waals surface area contributed by atoms with Crippen molar-refractivity contribution < 1.29 is 0 Å². The van der Waals surface area contributed by atoms with Crippen LogP contribution in [0, 0.1) is 0 Å². The zero-order valence-corrected chi connectivity index (χ0v) is 9.79. The van der Waals surface area contributed by atoms with Crippen molar-refractivity contribution in [1.82, 2.24) is 9.88 Å². The van der Waals surface area contributed by atoms with Crippen molar-refractivity contribution in [3.8, 4) is 0 Å². The van der Waals surface area contributed by atoms with E-state index < -0.39 is 0 Å². The zero-order chi connectivity index (χ0) is 11.3. The van der Waals surface area contributed by atoms with E-state index in [-0.39, 0.29) is 11.6 Å². The van der Waals surface area contributed by atoms with E-state index in [1.54, 1.807) is 10.6 Å². The van der Waals surface area contributed by atoms with E-state index in [1.165, 1.54) is 5.56 Å². The van der Waals surface area contributed by atoms with Crippen LogP contribution in [0.2, 0.25) is 0 Å². The Morgan fingerprint density at radius 1 is 1.40 bits per heavy atom. The molecule has 0 bridgehead atoms. The van der Waals surface area contributed by atoms with Crippen molar-refractivity contribution in [3.63, 3.8) is 0 Å². The molecule has 3 heteroatoms. The largest absolute Gasteiger partial charge is 0.320 e. The number of aryl methyl sites for hydroxylation is 1. The highest BCUT2D eigenvalue weighted by Gasteiger charge is 2.01. The van der Waals surface area contributed by atoms with Gasteiger partial charge < -0.3 is 9.88 Å². The van der Waals surface area contributed by atoms with Crippen LogP contribution in [0.4, 0.5) is 0 Å². The molecule has 1 rings (SSSR count). The Bertz CT molecular complexity index is 355. The molecule has 0 fully saturated rings. The predicted molar refractivity (Wildman–Crippen MR) is 63.3 cm³/mol. The van der Waals surface area contributed by atoms with Gasteiger partial charge in [-0.1, -0.05) is 6.07 Å². The first-order chi connectivity index (χ1) is 7.15. The van der Waals surface area contributed by atoms with E-state index in [1.807, 2.05) is 33.2 Å². The second-order valence-corrected chi connectivity index (χ2v) is 4.08. The molecule has 0 radical (unpaired) electrons. The minimum atomic E-state index is 0.0855. The van der Waals surface area contributed by atoms with Gasteiger partial charge >= 0.3 is 0 Å². The molecule has 0 saturated carbocycles. The highest BCUT2D eigenvalue weighted by atomic mass is 16.1. The standard InChI is InChI=1S/C12H20N2O/c1-10(2)14-9-11(5-4-8-13-3)6-7-12(14)15/h6-7,9-10,13H,4-5,8H2,1-3H3. The normalized spacial score (nSPS) is 10.9. The number of hydrogen-bond donors (Lipinski definition) is 1. The maximum absolute atomic E-state index is 11.5. The molecule has 0 atom stereocenters. The van der Waals surface area contributed by atoms with Crippen molar-refractivity contribution in [2.24, 2.45) is 0 Å². The molecule has 0 saturated heterocycles. The lowest BCUT2D eigenvalue weighted by Gasteiger charge is -2.11. The molecule has 0 amide bonds. The fourth-order valence-electron chi connectivity index (χ4n) is 1.57. The molecular weight excluding hydrogens is 188 g/mol. The zero-order valence-electron chi connectivity index (χ0n) is 9.79. The average Bonchev–Trinajstić information content (AvgIpc) is 2.20. The second-order valence-electron chi connectivity index (χ2n) is 4.08. The van der Waals surface area contributed by atoms with Crippen molar-refractivity contribution in [3.05, 3.63) is 34.2 Å². The van der Waals surface area contributed by atoms with E-state index in [9.17, 15) is 4.79 Å². The van der Waals surface area contributed by atoms with Crippen LogP contribution in [0.15, 0.2) is 23.1 Å². The number of aromatic nitrogens is 1. The van der Waals surface area contributed by atoms with E-state index in [4.69, 9.17) is 0 Å². The molecule has 0 unspecified atom stereocenters. The first-order valence-electron chi connectivity index (χ1n) is 5.51. The molecule has 1 N–H and O–H groups in total. The monoisotopic (exact) mass is 208 g/mol. The van der Waals surface area contributed by atoms with Gasteiger partial charge in [0.1, 0.15) is 0 Å². The van der Waals surface area contributed by atoms with E-state index >= 15 is 0 Å². The summed E-state index contributed by atoms with van der Waals surface area (Å²) >= 11 is 0. The quantitative estimate of drug-likeness (QED) is 0.745. The third-order valence-corrected chi connectivity index (χ3v) is 2.45. The summed E-state index contributed by atoms with van der Waals surface area (Å²) in [5.41, 5.74) is 1.32. The van der Waals surface area contributed by atoms with Gasteiger partial charge in [0, 0.05) is 18.3 Å². The molecule has 1 heterocycles. The molecule has 0 aliphatic rings. The van der Waals surface area contributed by atoms with Gasteiger partial charge in [-0.05, 0) is 45.8 Å². The van der Waals surface area contributed by atoms with Crippen LogP contribution in [0.5, 0.6) is 0 Å². The molecule has 0 aliphatic carbocycles. The van der Waals surface area contributed by atoms with Gasteiger partial charge in [0.05, 0.1) is 0 Å². The van der Waals surface area contributed by atoms with Crippen molar-refractivity contribution >= 4 is 0 Å². The lowest BCUT2D eigenvalue weighted by atomic mass is 10.1. The van der Waals surface area contributed by atoms with Crippen LogP contribution in [0.25, 0.3) is 0 Å². The molecule has 1 aromatic heterocycles. The predicted octanol–water partition coefficient (Wildman–Crippen LogP) is 1.58. The number of rotatable bonds is 5. The smallest absolute Gasteiger partial charge is 0.250 e. The van der Waals surface area contributed by atoms with Crippen LogP contribution >= 0.6 is 0 Å². The van der Waals surface area contributed by atoms with Gasteiger partial charge in [0.2, 0.25) is 0 Å². The minimum absolute atomic E-state index is 0.0855. The fraction of sp³-hybridized carbons (Fsp3) is 0.583. The molecule has 0 aromatic carbocycles. The first-order valence-corrected chi connectivity index (χ1v) is 5.51. The highest BCUT2D eigenvalue weighted by molar-refractivity contribution is 5.10. The van der Waals surface area contributed by atoms with Crippen LogP contribution in [-0.2, 0) is 6.42 Å². The van der Waals surface area contributed by atoms with Gasteiger partial charge in [-0.25, -0.2) is 0 Å². The molecule has 3 nitrogen and oxygen atoms in total. The van der Waals surface area contributed by atoms with E-state index in [0.29, 0.717) is 0 Å². The maximum Gasteiger partial charge on any atom is 0.250 e. The highest BCUT2D eigenvalue weighted by Crippen LogP contribution is 2.04. The summed E-state index contributed by atoms with van der Waals surface area (Å²) in [6, 6.07) is 3.83. The Hall–Kier alpha value is -1.09. The van der Waals surface area contributed by atoms with Gasteiger partial charge in [0.15, 0.2) is 0 Å². The summed E-state index contributed by atoms with van der Waals surface area (Å²) < 4.78 is 1.79. The summed E-state index contributed by atoms with van der Waals surface area (Å²) in [6.07, 6.45) is 4.10. The van der Waals surface area contributed by atoms with Crippen LogP contribution in [-0.4, -0.2) is 18.2 Å². The van der Waals surface area contributed by atoms with E-state index in [0.717, 1.165) is 19.4 Å². The molecule has 1 aromatic rings. The van der Waals surface area contributed by atoms with Crippen molar-refractivity contribution in [2.45, 2.75) is 32.7 Å². The number of nitrogens with one attached hydrogen (secondary N) is 1. The van der Waals surface area contributed by atoms with Crippen LogP contribution < -0.4 is 10.9 Å². The summed E-state index contributed by atoms with van der Waals surface area (Å²) in [6.45, 7) is 5.07. The van der Waals surface area contributed by atoms with Crippen LogP contribution in [0.3, 0.4) is 0 Å². The molecular formula is C12H20N2O. The van der Waals surface area contributed by atoms with Crippen LogP contribution in [0.1, 0.15) is 31.9 Å². The molecule has 0 spiro atoms. The Morgan fingerprint density at radius 3 is 2.73 bits per heavy atom. The van der Waals surface area contributed by atoms with Gasteiger partial charge in [-0.3, -0.25) is 4.79 Å². The fourth-order valence-corrected chi connectivity index (χ4v) is 1.57. The third kappa shape index (κ3) is 3.51. The van der Waals surface area contributed by atoms with Crippen molar-refractivity contribution in [2.75, 3.05) is 13.6 Å². The summed E-state index contributed by atoms with van der Waals surface area (Å²) in [5.74, 6) is 0. The number of hydrogen-bond acceptors (Lipinski definition) is 2. The molecule has 84 valence electrons. The van der Waals surface area contributed by atoms with Gasteiger partial charge in [-0.2, -0.15) is 0 Å². The Labute approximate surface area is 91.1 Å². The lowest BCUT2D eigenvalue weighted by Crippen LogP contribution is -2.21. The summed E-state index contributed by atoms with van der Waals surface area (Å²) in [4.78, 5) is 11.5. The Balaban J connectivity index is 2.74. The first kappa shape index (κ1) is 12.0. The topological polar surface area (TPSA) is 34.0 Å². The molecule has 15 heavy (non-hydrogen) atoms. The van der Waals surface area contributed by atoms with E-state index in [2.05, 4.69) is 5.32 Å². The second kappa shape index (κ2) is 5.71. The maximum atomic E-state index is 11.5. The van der Waals surface area contributed by atoms with Crippen molar-refractivity contribution in [1.29, 1.82) is 0 Å². The Morgan fingerprint density at radius 2 is 2.13 bits per heavy atom. The van der Waals surface area contributed by atoms with Gasteiger partial charge in [0.25, 0.3) is 5.56 Å². The SMILES string of the molecule is CNCCCc1ccc(=O)n(C(C)C)c1. The number of pyridine rings is 1. The summed E-state index contributed by atoms with van der Waals surface area (Å²) in [7, 11) is 1.95. The average molecular weight is 208 g/mol. The molecule has 0 aliphatic heterocycles. The number of nitrogens with zero attached hydrogens (tertiary/aromatic N) is 1.